The van der Waals surface area contributed by atoms with Crippen molar-refractivity contribution in [3.63, 3.8) is 0 Å². The summed E-state index contributed by atoms with van der Waals surface area (Å²) >= 11 is 0. The molecule has 4 nitrogen and oxygen atoms in total. The van der Waals surface area contributed by atoms with Crippen molar-refractivity contribution >= 4 is 17.1 Å². The summed E-state index contributed by atoms with van der Waals surface area (Å²) in [5.74, 6) is 0. The third-order valence-corrected chi connectivity index (χ3v) is 2.74. The Balaban J connectivity index is 2.28. The number of pyridine rings is 1. The highest BCUT2D eigenvalue weighted by atomic mass is 19.4. The summed E-state index contributed by atoms with van der Waals surface area (Å²) < 4.78 is 43.0. The minimum absolute atomic E-state index is 0.139. The van der Waals surface area contributed by atoms with E-state index in [0.29, 0.717) is 12.3 Å². The lowest BCUT2D eigenvalue weighted by molar-refractivity contribution is -0.141. The van der Waals surface area contributed by atoms with Gasteiger partial charge in [0.05, 0.1) is 24.2 Å². The molecule has 0 saturated carbocycles. The molecular weight excluding hydrogens is 283 g/mol. The van der Waals surface area contributed by atoms with Crippen molar-refractivity contribution in [3.8, 4) is 0 Å². The van der Waals surface area contributed by atoms with Gasteiger partial charge in [0.2, 0.25) is 0 Å². The first-order valence-electron chi connectivity index (χ1n) is 6.08. The zero-order valence-electron chi connectivity index (χ0n) is 11.2. The highest BCUT2D eigenvalue weighted by molar-refractivity contribution is 5.72. The number of alkyl halides is 3. The lowest BCUT2D eigenvalue weighted by atomic mass is 10.2. The van der Waals surface area contributed by atoms with Crippen molar-refractivity contribution in [2.24, 2.45) is 0 Å². The van der Waals surface area contributed by atoms with E-state index < -0.39 is 11.9 Å². The summed E-state index contributed by atoms with van der Waals surface area (Å²) in [6, 6.07) is 8.02. The Bertz CT molecular complexity index is 629. The Hall–Kier alpha value is -2.28. The molecule has 0 saturated heterocycles. The van der Waals surface area contributed by atoms with Crippen molar-refractivity contribution in [2.75, 3.05) is 18.2 Å². The Morgan fingerprint density at radius 2 is 2.05 bits per heavy atom. The second-order valence-corrected chi connectivity index (χ2v) is 4.41. The van der Waals surface area contributed by atoms with Crippen LogP contribution in [0.25, 0.3) is 0 Å². The summed E-state index contributed by atoms with van der Waals surface area (Å²) in [4.78, 5) is 3.29. The number of methoxy groups -OCH3 is 1. The fourth-order valence-corrected chi connectivity index (χ4v) is 1.79. The largest absolute Gasteiger partial charge is 0.433 e. The van der Waals surface area contributed by atoms with Gasteiger partial charge >= 0.3 is 6.18 Å². The van der Waals surface area contributed by atoms with Crippen molar-refractivity contribution in [3.05, 3.63) is 47.8 Å². The molecular formula is C14H14F3N3O. The molecule has 0 fully saturated rings. The van der Waals surface area contributed by atoms with Crippen LogP contribution in [0, 0.1) is 0 Å². The first kappa shape index (κ1) is 15.1. The maximum atomic E-state index is 12.7. The average Bonchev–Trinajstić information content (AvgIpc) is 2.41. The number of hydrogen-bond acceptors (Lipinski definition) is 4. The van der Waals surface area contributed by atoms with Crippen LogP contribution in [0.3, 0.4) is 0 Å². The molecule has 1 heterocycles. The number of benzene rings is 1. The second kappa shape index (κ2) is 6.01. The lowest BCUT2D eigenvalue weighted by Crippen LogP contribution is -2.09. The third kappa shape index (κ3) is 3.85. The number of halogens is 3. The van der Waals surface area contributed by atoms with Gasteiger partial charge in [-0.1, -0.05) is 12.1 Å². The third-order valence-electron chi connectivity index (χ3n) is 2.74. The van der Waals surface area contributed by atoms with E-state index in [4.69, 9.17) is 10.5 Å². The maximum Gasteiger partial charge on any atom is 0.433 e. The molecule has 0 aliphatic heterocycles. The second-order valence-electron chi connectivity index (χ2n) is 4.41. The monoisotopic (exact) mass is 297 g/mol. The number of nitrogen functional groups attached to an aromatic ring is 1. The molecule has 112 valence electrons. The van der Waals surface area contributed by atoms with Crippen LogP contribution in [-0.4, -0.2) is 12.1 Å². The molecule has 21 heavy (non-hydrogen) atoms. The molecule has 0 radical (unpaired) electrons. The quantitative estimate of drug-likeness (QED) is 0.905. The van der Waals surface area contributed by atoms with Gasteiger partial charge in [-0.2, -0.15) is 13.2 Å². The Labute approximate surface area is 119 Å². The summed E-state index contributed by atoms with van der Waals surface area (Å²) in [6.45, 7) is 0.412. The number of aromatic nitrogens is 1. The SMILES string of the molecule is COCc1cccc(Nc2cc(C(F)(F)F)ncc2N)c1. The summed E-state index contributed by atoms with van der Waals surface area (Å²) in [6.07, 6.45) is -3.52. The van der Waals surface area contributed by atoms with Gasteiger partial charge in [0, 0.05) is 12.8 Å². The van der Waals surface area contributed by atoms with Crippen molar-refractivity contribution in [1.82, 2.24) is 4.98 Å². The minimum Gasteiger partial charge on any atom is -0.396 e. The van der Waals surface area contributed by atoms with Gasteiger partial charge in [0.15, 0.2) is 0 Å². The zero-order chi connectivity index (χ0) is 15.5. The number of ether oxygens (including phenoxy) is 1. The van der Waals surface area contributed by atoms with Gasteiger partial charge < -0.3 is 15.8 Å². The standard InChI is InChI=1S/C14H14F3N3O/c1-21-8-9-3-2-4-10(5-9)20-12-6-13(14(15,16)17)19-7-11(12)18/h2-7H,8,18H2,1H3,(H,19,20). The van der Waals surface area contributed by atoms with Gasteiger partial charge in [-0.3, -0.25) is 0 Å². The summed E-state index contributed by atoms with van der Waals surface area (Å²) in [7, 11) is 1.57. The van der Waals surface area contributed by atoms with Gasteiger partial charge in [-0.05, 0) is 23.8 Å². The number of anilines is 3. The number of rotatable bonds is 4. The average molecular weight is 297 g/mol. The Morgan fingerprint density at radius 3 is 2.71 bits per heavy atom. The maximum absolute atomic E-state index is 12.7. The van der Waals surface area contributed by atoms with E-state index in [9.17, 15) is 13.2 Å². The highest BCUT2D eigenvalue weighted by Crippen LogP contribution is 2.32. The fourth-order valence-electron chi connectivity index (χ4n) is 1.79. The van der Waals surface area contributed by atoms with E-state index in [1.807, 2.05) is 6.07 Å². The van der Waals surface area contributed by atoms with Crippen LogP contribution in [0.4, 0.5) is 30.2 Å². The van der Waals surface area contributed by atoms with Gasteiger partial charge in [-0.25, -0.2) is 4.98 Å². The molecule has 7 heteroatoms. The first-order valence-corrected chi connectivity index (χ1v) is 6.08. The molecule has 3 N–H and O–H groups in total. The Morgan fingerprint density at radius 1 is 1.29 bits per heavy atom. The van der Waals surface area contributed by atoms with Crippen LogP contribution in [0.5, 0.6) is 0 Å². The minimum atomic E-state index is -4.51. The van der Waals surface area contributed by atoms with E-state index in [1.54, 1.807) is 25.3 Å². The van der Waals surface area contributed by atoms with E-state index in [-0.39, 0.29) is 11.4 Å². The molecule has 0 spiro atoms. The van der Waals surface area contributed by atoms with E-state index in [1.165, 1.54) is 0 Å². The van der Waals surface area contributed by atoms with Crippen LogP contribution in [0.15, 0.2) is 36.5 Å². The van der Waals surface area contributed by atoms with Crippen LogP contribution in [0.2, 0.25) is 0 Å². The van der Waals surface area contributed by atoms with Crippen molar-refractivity contribution in [2.45, 2.75) is 12.8 Å². The topological polar surface area (TPSA) is 60.2 Å². The van der Waals surface area contributed by atoms with Crippen molar-refractivity contribution in [1.29, 1.82) is 0 Å². The first-order chi connectivity index (χ1) is 9.90. The van der Waals surface area contributed by atoms with E-state index in [0.717, 1.165) is 17.8 Å². The van der Waals surface area contributed by atoms with Gasteiger partial charge in [0.25, 0.3) is 0 Å². The lowest BCUT2D eigenvalue weighted by Gasteiger charge is -2.13. The number of nitrogens with zero attached hydrogens (tertiary/aromatic N) is 1. The van der Waals surface area contributed by atoms with Crippen LogP contribution in [0.1, 0.15) is 11.3 Å². The fraction of sp³-hybridized carbons (Fsp3) is 0.214. The van der Waals surface area contributed by atoms with Gasteiger partial charge in [0.1, 0.15) is 5.69 Å². The van der Waals surface area contributed by atoms with Crippen LogP contribution >= 0.6 is 0 Å². The molecule has 0 aliphatic rings. The molecule has 0 amide bonds. The smallest absolute Gasteiger partial charge is 0.396 e. The molecule has 1 aromatic carbocycles. The molecule has 2 aromatic rings. The molecule has 0 bridgehead atoms. The predicted octanol–water partition coefficient (Wildman–Crippen LogP) is 3.57. The highest BCUT2D eigenvalue weighted by Gasteiger charge is 2.32. The van der Waals surface area contributed by atoms with Crippen LogP contribution in [-0.2, 0) is 17.5 Å². The molecule has 2 rings (SSSR count). The van der Waals surface area contributed by atoms with Crippen LogP contribution < -0.4 is 11.1 Å². The van der Waals surface area contributed by atoms with Crippen molar-refractivity contribution < 1.29 is 17.9 Å². The normalized spacial score (nSPS) is 11.4. The molecule has 1 aromatic heterocycles. The predicted molar refractivity (Wildman–Crippen MR) is 74.1 cm³/mol. The Kier molecular flexibility index (Phi) is 4.32. The number of hydrogen-bond donors (Lipinski definition) is 2. The van der Waals surface area contributed by atoms with E-state index in [2.05, 4.69) is 10.3 Å². The van der Waals surface area contributed by atoms with E-state index >= 15 is 0 Å². The zero-order valence-corrected chi connectivity index (χ0v) is 11.2. The summed E-state index contributed by atoms with van der Waals surface area (Å²) in [5.41, 5.74) is 6.48. The molecule has 0 aliphatic carbocycles. The number of nitrogens with one attached hydrogen (secondary N) is 1. The molecule has 0 unspecified atom stereocenters. The van der Waals surface area contributed by atoms with Gasteiger partial charge in [-0.15, -0.1) is 0 Å². The summed E-state index contributed by atoms with van der Waals surface area (Å²) in [5, 5.41) is 2.86. The number of nitrogens with two attached hydrogens (primary N) is 1. The molecule has 0 atom stereocenters.